The molecule has 0 radical (unpaired) electrons. The van der Waals surface area contributed by atoms with Crippen LogP contribution in [0.2, 0.25) is 0 Å². The molecule has 2 aromatic carbocycles. The van der Waals surface area contributed by atoms with E-state index in [0.29, 0.717) is 15.8 Å². The van der Waals surface area contributed by atoms with Crippen LogP contribution >= 0.6 is 15.9 Å². The number of nitro benzene ring substituents is 1. The summed E-state index contributed by atoms with van der Waals surface area (Å²) in [5, 5.41) is 11.0. The van der Waals surface area contributed by atoms with Crippen LogP contribution in [0.25, 0.3) is 0 Å². The second kappa shape index (κ2) is 6.52. The zero-order valence-electron chi connectivity index (χ0n) is 11.0. The lowest BCUT2D eigenvalue weighted by molar-refractivity contribution is -0.385. The maximum absolute atomic E-state index is 11.0. The van der Waals surface area contributed by atoms with Gasteiger partial charge in [0.25, 0.3) is 5.69 Å². The first-order valence-electron chi connectivity index (χ1n) is 6.24. The number of hydrogen-bond donors (Lipinski definition) is 0. The molecule has 2 rings (SSSR count). The molecular formula is C15H14BrNO3. The third-order valence-corrected chi connectivity index (χ3v) is 3.46. The van der Waals surface area contributed by atoms with Crippen molar-refractivity contribution in [2.45, 2.75) is 20.0 Å². The highest BCUT2D eigenvalue weighted by atomic mass is 79.9. The van der Waals surface area contributed by atoms with Gasteiger partial charge in [-0.25, -0.2) is 0 Å². The van der Waals surface area contributed by atoms with Gasteiger partial charge in [0.05, 0.1) is 10.5 Å². The van der Waals surface area contributed by atoms with E-state index in [-0.39, 0.29) is 12.3 Å². The molecule has 0 N–H and O–H groups in total. The van der Waals surface area contributed by atoms with E-state index in [2.05, 4.69) is 22.9 Å². The lowest BCUT2D eigenvalue weighted by atomic mass is 10.1. The molecule has 2 aromatic rings. The lowest BCUT2D eigenvalue weighted by Crippen LogP contribution is -2.00. The highest BCUT2D eigenvalue weighted by molar-refractivity contribution is 9.10. The summed E-state index contributed by atoms with van der Waals surface area (Å²) in [6, 6.07) is 12.7. The van der Waals surface area contributed by atoms with Gasteiger partial charge in [0.15, 0.2) is 0 Å². The number of rotatable bonds is 5. The van der Waals surface area contributed by atoms with Crippen LogP contribution in [0.5, 0.6) is 5.75 Å². The average molecular weight is 336 g/mol. The Kier molecular flexibility index (Phi) is 4.74. The van der Waals surface area contributed by atoms with Crippen molar-refractivity contribution in [3.8, 4) is 5.75 Å². The van der Waals surface area contributed by atoms with E-state index in [4.69, 9.17) is 4.74 Å². The van der Waals surface area contributed by atoms with Gasteiger partial charge in [-0.2, -0.15) is 0 Å². The fourth-order valence-corrected chi connectivity index (χ4v) is 2.16. The molecule has 4 nitrogen and oxygen atoms in total. The molecule has 0 bridgehead atoms. The predicted molar refractivity (Wildman–Crippen MR) is 80.9 cm³/mol. The molecule has 5 heteroatoms. The average Bonchev–Trinajstić information content (AvgIpc) is 2.46. The number of aryl methyl sites for hydroxylation is 1. The summed E-state index contributed by atoms with van der Waals surface area (Å²) < 4.78 is 6.28. The minimum absolute atomic E-state index is 0.0598. The molecule has 0 atom stereocenters. The number of hydrogen-bond acceptors (Lipinski definition) is 3. The highest BCUT2D eigenvalue weighted by Gasteiger charge is 2.14. The molecule has 20 heavy (non-hydrogen) atoms. The second-order valence-corrected chi connectivity index (χ2v) is 5.23. The van der Waals surface area contributed by atoms with Crippen LogP contribution in [0.4, 0.5) is 5.69 Å². The number of nitrogens with zero attached hydrogens (tertiary/aromatic N) is 1. The molecule has 0 unspecified atom stereocenters. The fourth-order valence-electron chi connectivity index (χ4n) is 1.81. The van der Waals surface area contributed by atoms with Gasteiger partial charge in [-0.1, -0.05) is 35.0 Å². The molecule has 104 valence electrons. The molecule has 0 saturated heterocycles. The van der Waals surface area contributed by atoms with Crippen molar-refractivity contribution >= 4 is 21.6 Å². The number of halogens is 1. The summed E-state index contributed by atoms with van der Waals surface area (Å²) >= 11 is 3.23. The van der Waals surface area contributed by atoms with E-state index in [1.165, 1.54) is 11.6 Å². The maximum Gasteiger partial charge on any atom is 0.277 e. The largest absolute Gasteiger partial charge is 0.489 e. The number of ether oxygens (including phenoxy) is 1. The third kappa shape index (κ3) is 3.57. The van der Waals surface area contributed by atoms with Crippen LogP contribution in [0.15, 0.2) is 46.9 Å². The summed E-state index contributed by atoms with van der Waals surface area (Å²) in [5.74, 6) is 0.708. The van der Waals surface area contributed by atoms with E-state index in [1.54, 1.807) is 12.1 Å². The van der Waals surface area contributed by atoms with Gasteiger partial charge in [-0.05, 0) is 36.2 Å². The number of nitro groups is 1. The Morgan fingerprint density at radius 1 is 1.20 bits per heavy atom. The summed E-state index contributed by atoms with van der Waals surface area (Å²) in [4.78, 5) is 10.6. The zero-order chi connectivity index (χ0) is 14.5. The lowest BCUT2D eigenvalue weighted by Gasteiger charge is -2.07. The van der Waals surface area contributed by atoms with Crippen LogP contribution < -0.4 is 4.74 Å². The second-order valence-electron chi connectivity index (χ2n) is 4.32. The molecule has 0 aromatic heterocycles. The first kappa shape index (κ1) is 14.5. The van der Waals surface area contributed by atoms with E-state index in [0.717, 1.165) is 6.42 Å². The van der Waals surface area contributed by atoms with Crippen LogP contribution in [0.1, 0.15) is 18.1 Å². The first-order chi connectivity index (χ1) is 9.60. The van der Waals surface area contributed by atoms with Crippen molar-refractivity contribution in [3.05, 3.63) is 68.2 Å². The Bertz CT molecular complexity index is 611. The summed E-state index contributed by atoms with van der Waals surface area (Å²) in [5.41, 5.74) is 1.84. The van der Waals surface area contributed by atoms with E-state index in [9.17, 15) is 10.1 Å². The Labute approximate surface area is 125 Å². The summed E-state index contributed by atoms with van der Waals surface area (Å²) in [6.45, 7) is 2.26. The minimum atomic E-state index is -0.399. The van der Waals surface area contributed by atoms with Crippen molar-refractivity contribution in [2.24, 2.45) is 0 Å². The SMILES string of the molecule is CCc1ccc(OCc2ccc(Br)cc2[N+](=O)[O-])cc1. The van der Waals surface area contributed by atoms with Gasteiger partial charge in [0.2, 0.25) is 0 Å². The quantitative estimate of drug-likeness (QED) is 0.597. The fraction of sp³-hybridized carbons (Fsp3) is 0.200. The van der Waals surface area contributed by atoms with Gasteiger partial charge < -0.3 is 4.74 Å². The van der Waals surface area contributed by atoms with E-state index < -0.39 is 4.92 Å². The van der Waals surface area contributed by atoms with Gasteiger partial charge in [0.1, 0.15) is 12.4 Å². The molecule has 0 heterocycles. The minimum Gasteiger partial charge on any atom is -0.489 e. The Balaban J connectivity index is 2.12. The molecule has 0 fully saturated rings. The van der Waals surface area contributed by atoms with E-state index >= 15 is 0 Å². The molecule has 0 aliphatic carbocycles. The molecule has 0 amide bonds. The van der Waals surface area contributed by atoms with Crippen LogP contribution in [-0.2, 0) is 13.0 Å². The van der Waals surface area contributed by atoms with Crippen LogP contribution in [0, 0.1) is 10.1 Å². The monoisotopic (exact) mass is 335 g/mol. The molecule has 0 aliphatic heterocycles. The Morgan fingerprint density at radius 3 is 2.50 bits per heavy atom. The predicted octanol–water partition coefficient (Wildman–Crippen LogP) is 4.50. The topological polar surface area (TPSA) is 52.4 Å². The number of benzene rings is 2. The summed E-state index contributed by atoms with van der Waals surface area (Å²) in [6.07, 6.45) is 0.971. The molecular weight excluding hydrogens is 322 g/mol. The van der Waals surface area contributed by atoms with Gasteiger partial charge in [-0.3, -0.25) is 10.1 Å². The van der Waals surface area contributed by atoms with Crippen molar-refractivity contribution in [1.29, 1.82) is 0 Å². The van der Waals surface area contributed by atoms with Crippen molar-refractivity contribution < 1.29 is 9.66 Å². The van der Waals surface area contributed by atoms with Crippen molar-refractivity contribution in [3.63, 3.8) is 0 Å². The van der Waals surface area contributed by atoms with Gasteiger partial charge in [-0.15, -0.1) is 0 Å². The van der Waals surface area contributed by atoms with Gasteiger partial charge >= 0.3 is 0 Å². The first-order valence-corrected chi connectivity index (χ1v) is 7.04. The molecule has 0 spiro atoms. The maximum atomic E-state index is 11.0. The third-order valence-electron chi connectivity index (χ3n) is 2.97. The summed E-state index contributed by atoms with van der Waals surface area (Å²) in [7, 11) is 0. The highest BCUT2D eigenvalue weighted by Crippen LogP contribution is 2.25. The Hall–Kier alpha value is -1.88. The zero-order valence-corrected chi connectivity index (χ0v) is 12.6. The smallest absolute Gasteiger partial charge is 0.277 e. The normalized spacial score (nSPS) is 10.3. The van der Waals surface area contributed by atoms with Crippen LogP contribution in [-0.4, -0.2) is 4.92 Å². The Morgan fingerprint density at radius 2 is 1.90 bits per heavy atom. The van der Waals surface area contributed by atoms with Crippen molar-refractivity contribution in [1.82, 2.24) is 0 Å². The molecule has 0 aliphatic rings. The molecule has 0 saturated carbocycles. The van der Waals surface area contributed by atoms with Crippen molar-refractivity contribution in [2.75, 3.05) is 0 Å². The van der Waals surface area contributed by atoms with Gasteiger partial charge in [0, 0.05) is 10.5 Å². The van der Waals surface area contributed by atoms with E-state index in [1.807, 2.05) is 24.3 Å². The van der Waals surface area contributed by atoms with Crippen LogP contribution in [0.3, 0.4) is 0 Å². The standard InChI is InChI=1S/C15H14BrNO3/c1-2-11-3-7-14(8-4-11)20-10-12-5-6-13(16)9-15(12)17(18)19/h3-9H,2,10H2,1H3.